The van der Waals surface area contributed by atoms with Crippen LogP contribution in [-0.4, -0.2) is 48.7 Å². The van der Waals surface area contributed by atoms with Crippen LogP contribution in [0.1, 0.15) is 28.4 Å². The SMILES string of the molecule is COCCN(CCC(=O)NCc1ccco1)C(=O)c1cc(C)on1. The summed E-state index contributed by atoms with van der Waals surface area (Å²) in [6.07, 6.45) is 1.72. The number of rotatable bonds is 9. The molecule has 1 N–H and O–H groups in total. The van der Waals surface area contributed by atoms with E-state index in [1.165, 1.54) is 4.90 Å². The Labute approximate surface area is 139 Å². The molecule has 0 bridgehead atoms. The lowest BCUT2D eigenvalue weighted by molar-refractivity contribution is -0.121. The average Bonchev–Trinajstić information content (AvgIpc) is 3.24. The van der Waals surface area contributed by atoms with E-state index in [2.05, 4.69) is 10.5 Å². The van der Waals surface area contributed by atoms with Gasteiger partial charge in [0.15, 0.2) is 5.69 Å². The van der Waals surface area contributed by atoms with Crippen LogP contribution in [0.3, 0.4) is 0 Å². The van der Waals surface area contributed by atoms with Crippen LogP contribution in [0.2, 0.25) is 0 Å². The predicted molar refractivity (Wildman–Crippen MR) is 84.2 cm³/mol. The third-order valence-corrected chi connectivity index (χ3v) is 3.35. The Balaban J connectivity index is 1.85. The molecular weight excluding hydrogens is 314 g/mol. The fourth-order valence-electron chi connectivity index (χ4n) is 2.07. The molecule has 2 rings (SSSR count). The van der Waals surface area contributed by atoms with Gasteiger partial charge in [-0.2, -0.15) is 0 Å². The molecular formula is C16H21N3O5. The average molecular weight is 335 g/mol. The summed E-state index contributed by atoms with van der Waals surface area (Å²) in [5.41, 5.74) is 0.222. The number of amides is 2. The summed E-state index contributed by atoms with van der Waals surface area (Å²) in [5.74, 6) is 0.774. The molecule has 0 spiro atoms. The summed E-state index contributed by atoms with van der Waals surface area (Å²) in [6, 6.07) is 5.10. The van der Waals surface area contributed by atoms with Crippen molar-refractivity contribution in [2.24, 2.45) is 0 Å². The van der Waals surface area contributed by atoms with Crippen molar-refractivity contribution in [3.8, 4) is 0 Å². The summed E-state index contributed by atoms with van der Waals surface area (Å²) >= 11 is 0. The number of carbonyl (C=O) groups is 2. The van der Waals surface area contributed by atoms with Crippen molar-refractivity contribution in [2.75, 3.05) is 26.8 Å². The number of aryl methyl sites for hydroxylation is 1. The number of ether oxygens (including phenoxy) is 1. The Kier molecular flexibility index (Phi) is 6.56. The molecule has 0 aromatic carbocycles. The first-order chi connectivity index (χ1) is 11.6. The highest BCUT2D eigenvalue weighted by atomic mass is 16.5. The number of hydrogen-bond donors (Lipinski definition) is 1. The van der Waals surface area contributed by atoms with E-state index in [1.807, 2.05) is 0 Å². The van der Waals surface area contributed by atoms with Gasteiger partial charge in [-0.1, -0.05) is 5.16 Å². The van der Waals surface area contributed by atoms with Crippen LogP contribution < -0.4 is 5.32 Å². The molecule has 0 aliphatic carbocycles. The van der Waals surface area contributed by atoms with Crippen molar-refractivity contribution in [2.45, 2.75) is 19.9 Å². The molecule has 8 heteroatoms. The van der Waals surface area contributed by atoms with Gasteiger partial charge in [-0.05, 0) is 19.1 Å². The first-order valence-corrected chi connectivity index (χ1v) is 7.60. The van der Waals surface area contributed by atoms with Crippen LogP contribution in [0, 0.1) is 6.92 Å². The van der Waals surface area contributed by atoms with Crippen LogP contribution in [0.15, 0.2) is 33.4 Å². The highest BCUT2D eigenvalue weighted by Gasteiger charge is 2.20. The van der Waals surface area contributed by atoms with Crippen LogP contribution >= 0.6 is 0 Å². The molecule has 8 nitrogen and oxygen atoms in total. The maximum absolute atomic E-state index is 12.4. The molecule has 0 saturated heterocycles. The monoisotopic (exact) mass is 335 g/mol. The maximum Gasteiger partial charge on any atom is 0.276 e. The molecule has 0 aliphatic rings. The van der Waals surface area contributed by atoms with Crippen LogP contribution in [-0.2, 0) is 16.1 Å². The van der Waals surface area contributed by atoms with E-state index in [4.69, 9.17) is 13.7 Å². The fraction of sp³-hybridized carbons (Fsp3) is 0.438. The van der Waals surface area contributed by atoms with E-state index >= 15 is 0 Å². The van der Waals surface area contributed by atoms with Crippen molar-refractivity contribution >= 4 is 11.8 Å². The molecule has 0 fully saturated rings. The van der Waals surface area contributed by atoms with Crippen molar-refractivity contribution < 1.29 is 23.3 Å². The molecule has 0 saturated carbocycles. The van der Waals surface area contributed by atoms with Crippen molar-refractivity contribution in [1.82, 2.24) is 15.4 Å². The second-order valence-electron chi connectivity index (χ2n) is 5.21. The van der Waals surface area contributed by atoms with Crippen LogP contribution in [0.5, 0.6) is 0 Å². The quantitative estimate of drug-likeness (QED) is 0.743. The van der Waals surface area contributed by atoms with Gasteiger partial charge >= 0.3 is 0 Å². The zero-order chi connectivity index (χ0) is 17.4. The van der Waals surface area contributed by atoms with E-state index in [0.29, 0.717) is 31.2 Å². The Morgan fingerprint density at radius 3 is 2.83 bits per heavy atom. The molecule has 2 aromatic heterocycles. The molecule has 24 heavy (non-hydrogen) atoms. The van der Waals surface area contributed by atoms with Gasteiger partial charge in [0.1, 0.15) is 11.5 Å². The molecule has 2 amide bonds. The van der Waals surface area contributed by atoms with E-state index in [1.54, 1.807) is 38.5 Å². The highest BCUT2D eigenvalue weighted by Crippen LogP contribution is 2.07. The molecule has 0 atom stereocenters. The van der Waals surface area contributed by atoms with Gasteiger partial charge < -0.3 is 23.9 Å². The third kappa shape index (κ3) is 5.24. The lowest BCUT2D eigenvalue weighted by Gasteiger charge is -2.20. The lowest BCUT2D eigenvalue weighted by atomic mass is 10.3. The zero-order valence-corrected chi connectivity index (χ0v) is 13.8. The predicted octanol–water partition coefficient (Wildman–Crippen LogP) is 1.37. The number of aromatic nitrogens is 1. The minimum atomic E-state index is -0.289. The van der Waals surface area contributed by atoms with Gasteiger partial charge in [-0.15, -0.1) is 0 Å². The minimum absolute atomic E-state index is 0.169. The Hall–Kier alpha value is -2.61. The van der Waals surface area contributed by atoms with Crippen LogP contribution in [0.4, 0.5) is 0 Å². The van der Waals surface area contributed by atoms with Gasteiger partial charge in [0, 0.05) is 32.7 Å². The number of hydrogen-bond acceptors (Lipinski definition) is 6. The van der Waals surface area contributed by atoms with E-state index in [-0.39, 0.29) is 30.5 Å². The Morgan fingerprint density at radius 2 is 2.21 bits per heavy atom. The highest BCUT2D eigenvalue weighted by molar-refractivity contribution is 5.92. The van der Waals surface area contributed by atoms with Gasteiger partial charge in [0.25, 0.3) is 5.91 Å². The second kappa shape index (κ2) is 8.88. The molecule has 2 heterocycles. The summed E-state index contributed by atoms with van der Waals surface area (Å²) < 4.78 is 15.1. The number of nitrogens with zero attached hydrogens (tertiary/aromatic N) is 2. The van der Waals surface area contributed by atoms with Crippen LogP contribution in [0.25, 0.3) is 0 Å². The van der Waals surface area contributed by atoms with Gasteiger partial charge in [-0.25, -0.2) is 0 Å². The summed E-state index contributed by atoms with van der Waals surface area (Å²) in [5, 5.41) is 6.47. The molecule has 2 aromatic rings. The van der Waals surface area contributed by atoms with Gasteiger partial charge in [0.05, 0.1) is 19.4 Å². The number of nitrogens with one attached hydrogen (secondary N) is 1. The lowest BCUT2D eigenvalue weighted by Crippen LogP contribution is -2.37. The minimum Gasteiger partial charge on any atom is -0.467 e. The molecule has 130 valence electrons. The smallest absolute Gasteiger partial charge is 0.276 e. The summed E-state index contributed by atoms with van der Waals surface area (Å²) in [4.78, 5) is 25.9. The Morgan fingerprint density at radius 1 is 1.38 bits per heavy atom. The maximum atomic E-state index is 12.4. The number of furan rings is 1. The number of carbonyl (C=O) groups excluding carboxylic acids is 2. The molecule has 0 unspecified atom stereocenters. The standard InChI is InChI=1S/C16H21N3O5/c1-12-10-14(18-24-12)16(21)19(7-9-22-2)6-5-15(20)17-11-13-4-3-8-23-13/h3-4,8,10H,5-7,9,11H2,1-2H3,(H,17,20). The third-order valence-electron chi connectivity index (χ3n) is 3.35. The molecule has 0 aliphatic heterocycles. The molecule has 0 radical (unpaired) electrons. The second-order valence-corrected chi connectivity index (χ2v) is 5.21. The fourth-order valence-corrected chi connectivity index (χ4v) is 2.07. The first kappa shape index (κ1) is 17.7. The first-order valence-electron chi connectivity index (χ1n) is 7.60. The van der Waals surface area contributed by atoms with E-state index in [0.717, 1.165) is 0 Å². The summed E-state index contributed by atoms with van der Waals surface area (Å²) in [6.45, 7) is 3.03. The van der Waals surface area contributed by atoms with Crippen molar-refractivity contribution in [1.29, 1.82) is 0 Å². The van der Waals surface area contributed by atoms with Gasteiger partial charge in [-0.3, -0.25) is 9.59 Å². The summed E-state index contributed by atoms with van der Waals surface area (Å²) in [7, 11) is 1.55. The zero-order valence-electron chi connectivity index (χ0n) is 13.8. The number of methoxy groups -OCH3 is 1. The normalized spacial score (nSPS) is 10.6. The Bertz CT molecular complexity index is 650. The topological polar surface area (TPSA) is 97.8 Å². The largest absolute Gasteiger partial charge is 0.467 e. The van der Waals surface area contributed by atoms with Gasteiger partial charge in [0.2, 0.25) is 5.91 Å². The van der Waals surface area contributed by atoms with E-state index < -0.39 is 0 Å². The van der Waals surface area contributed by atoms with E-state index in [9.17, 15) is 9.59 Å². The van der Waals surface area contributed by atoms with Crippen molar-refractivity contribution in [3.63, 3.8) is 0 Å². The van der Waals surface area contributed by atoms with Crippen molar-refractivity contribution in [3.05, 3.63) is 41.7 Å².